The van der Waals surface area contributed by atoms with Gasteiger partial charge in [0.15, 0.2) is 0 Å². The number of fused-ring (bicyclic) bond motifs is 3. The molecule has 3 aliphatic carbocycles. The molecule has 1 aromatic rings. The van der Waals surface area contributed by atoms with Gasteiger partial charge in [0.1, 0.15) is 5.00 Å². The number of ether oxygens (including phenoxy) is 1. The summed E-state index contributed by atoms with van der Waals surface area (Å²) in [5.41, 5.74) is 3.79. The number of carboxylic acids is 1. The first kappa shape index (κ1) is 24.0. The number of allylic oxidation sites excluding steroid dienone is 2. The molecule has 0 saturated heterocycles. The highest BCUT2D eigenvalue weighted by atomic mass is 32.1. The average Bonchev–Trinajstić information content (AvgIpc) is 3.43. The highest BCUT2D eigenvalue weighted by Crippen LogP contribution is 2.57. The van der Waals surface area contributed by atoms with Gasteiger partial charge in [0.05, 0.1) is 24.0 Å². The molecule has 6 nitrogen and oxygen atoms in total. The number of carboxylic acid groups (broad SMARTS) is 1. The first-order valence-electron chi connectivity index (χ1n) is 12.4. The third kappa shape index (κ3) is 4.48. The van der Waals surface area contributed by atoms with Crippen molar-refractivity contribution >= 4 is 34.2 Å². The Morgan fingerprint density at radius 3 is 2.27 bits per heavy atom. The van der Waals surface area contributed by atoms with E-state index >= 15 is 0 Å². The molecule has 0 aromatic carbocycles. The van der Waals surface area contributed by atoms with Gasteiger partial charge in [-0.15, -0.1) is 11.3 Å². The van der Waals surface area contributed by atoms with Crippen molar-refractivity contribution < 1.29 is 24.2 Å². The van der Waals surface area contributed by atoms with Crippen LogP contribution in [0.2, 0.25) is 0 Å². The minimum atomic E-state index is -0.901. The first-order chi connectivity index (χ1) is 15.8. The molecular formula is C26H35NO5S. The zero-order valence-corrected chi connectivity index (χ0v) is 20.7. The first-order valence-corrected chi connectivity index (χ1v) is 13.2. The number of aryl methyl sites for hydroxylation is 1. The highest BCUT2D eigenvalue weighted by molar-refractivity contribution is 7.17. The van der Waals surface area contributed by atoms with Crippen LogP contribution < -0.4 is 5.32 Å². The Morgan fingerprint density at radius 2 is 1.64 bits per heavy atom. The van der Waals surface area contributed by atoms with E-state index in [4.69, 9.17) is 4.74 Å². The Hall–Kier alpha value is -2.15. The third-order valence-electron chi connectivity index (χ3n) is 7.64. The van der Waals surface area contributed by atoms with Crippen molar-refractivity contribution in [2.24, 2.45) is 23.7 Å². The number of aliphatic carboxylic acids is 1. The second-order valence-electron chi connectivity index (χ2n) is 9.82. The van der Waals surface area contributed by atoms with E-state index in [2.05, 4.69) is 5.32 Å². The van der Waals surface area contributed by atoms with Crippen LogP contribution in [0.5, 0.6) is 0 Å². The number of hydrogen-bond acceptors (Lipinski definition) is 5. The van der Waals surface area contributed by atoms with Gasteiger partial charge in [-0.25, -0.2) is 4.79 Å². The molecule has 4 atom stereocenters. The number of esters is 1. The maximum atomic E-state index is 13.6. The molecule has 1 amide bonds. The van der Waals surface area contributed by atoms with Gasteiger partial charge in [0.2, 0.25) is 5.91 Å². The standard InChI is InChI=1S/C26H35NO5S/c1-4-32-26(31)22-15-10-8-6-5-7-9-11-18(15)33-24(22)27-23(28)20-16-12-13-17(19(16)14(2)3)21(20)25(29)30/h16-17,20-21H,4-13H2,1-3H3,(H,27,28)(H,29,30)/t16-,17+,20-,21+/m1/s1. The summed E-state index contributed by atoms with van der Waals surface area (Å²) >= 11 is 1.48. The number of anilines is 1. The smallest absolute Gasteiger partial charge is 0.341 e. The average molecular weight is 474 g/mol. The van der Waals surface area contributed by atoms with Gasteiger partial charge in [-0.1, -0.05) is 30.4 Å². The summed E-state index contributed by atoms with van der Waals surface area (Å²) in [6, 6.07) is 0. The van der Waals surface area contributed by atoms with E-state index in [0.717, 1.165) is 66.5 Å². The number of amides is 1. The van der Waals surface area contributed by atoms with Crippen LogP contribution in [0.3, 0.4) is 0 Å². The predicted molar refractivity (Wildman–Crippen MR) is 129 cm³/mol. The summed E-state index contributed by atoms with van der Waals surface area (Å²) in [6.45, 7) is 6.08. The monoisotopic (exact) mass is 473 g/mol. The van der Waals surface area contributed by atoms with Crippen LogP contribution in [-0.4, -0.2) is 29.6 Å². The van der Waals surface area contributed by atoms with Crippen molar-refractivity contribution in [2.45, 2.75) is 78.6 Å². The van der Waals surface area contributed by atoms with E-state index < -0.39 is 23.8 Å². The number of carbonyl (C=O) groups excluding carboxylic acids is 2. The topological polar surface area (TPSA) is 92.7 Å². The number of hydrogen-bond donors (Lipinski definition) is 2. The summed E-state index contributed by atoms with van der Waals surface area (Å²) in [5, 5.41) is 13.5. The Morgan fingerprint density at radius 1 is 1.00 bits per heavy atom. The SMILES string of the molecule is CCOC(=O)c1c(NC(=O)[C@H]2[C@@H](C(=O)O)[C@H]3CC[C@@H]2C3=C(C)C)sc2c1CCCCCCC2. The number of nitrogens with one attached hydrogen (secondary N) is 1. The lowest BCUT2D eigenvalue weighted by molar-refractivity contribution is -0.148. The molecule has 0 aliphatic heterocycles. The predicted octanol–water partition coefficient (Wildman–Crippen LogP) is 5.61. The normalized spacial score (nSPS) is 26.7. The van der Waals surface area contributed by atoms with E-state index in [1.54, 1.807) is 6.92 Å². The quantitative estimate of drug-likeness (QED) is 0.429. The van der Waals surface area contributed by atoms with E-state index in [1.165, 1.54) is 24.2 Å². The molecule has 1 aromatic heterocycles. The zero-order valence-electron chi connectivity index (χ0n) is 19.9. The Labute approximate surface area is 199 Å². The Kier molecular flexibility index (Phi) is 7.27. The fourth-order valence-electron chi connectivity index (χ4n) is 6.40. The number of carbonyl (C=O) groups is 3. The Balaban J connectivity index is 1.68. The van der Waals surface area contributed by atoms with Gasteiger partial charge in [-0.2, -0.15) is 0 Å². The molecule has 0 spiro atoms. The molecule has 4 rings (SSSR count). The van der Waals surface area contributed by atoms with Crippen molar-refractivity contribution in [1.29, 1.82) is 0 Å². The van der Waals surface area contributed by atoms with Crippen molar-refractivity contribution in [3.05, 3.63) is 27.2 Å². The maximum absolute atomic E-state index is 13.6. The molecule has 1 heterocycles. The van der Waals surface area contributed by atoms with Crippen LogP contribution in [0.1, 0.15) is 86.5 Å². The maximum Gasteiger partial charge on any atom is 0.341 e. The molecule has 0 radical (unpaired) electrons. The van der Waals surface area contributed by atoms with E-state index in [0.29, 0.717) is 10.6 Å². The summed E-state index contributed by atoms with van der Waals surface area (Å²) in [4.78, 5) is 39.9. The minimum absolute atomic E-state index is 0.0309. The minimum Gasteiger partial charge on any atom is -0.481 e. The van der Waals surface area contributed by atoms with Crippen molar-refractivity contribution in [2.75, 3.05) is 11.9 Å². The van der Waals surface area contributed by atoms with Crippen LogP contribution in [-0.2, 0) is 27.2 Å². The second-order valence-corrected chi connectivity index (χ2v) is 10.9. The molecule has 2 saturated carbocycles. The van der Waals surface area contributed by atoms with Gasteiger partial charge in [-0.3, -0.25) is 9.59 Å². The molecule has 2 fully saturated rings. The fourth-order valence-corrected chi connectivity index (χ4v) is 7.68. The van der Waals surface area contributed by atoms with Gasteiger partial charge >= 0.3 is 11.9 Å². The largest absolute Gasteiger partial charge is 0.481 e. The summed E-state index contributed by atoms with van der Waals surface area (Å²) < 4.78 is 5.38. The third-order valence-corrected chi connectivity index (χ3v) is 8.85. The second kappa shape index (κ2) is 10.00. The lowest BCUT2D eigenvalue weighted by Crippen LogP contribution is -2.38. The molecule has 2 bridgehead atoms. The molecule has 0 unspecified atom stereocenters. The van der Waals surface area contributed by atoms with E-state index in [9.17, 15) is 19.5 Å². The number of thiophene rings is 1. The lowest BCUT2D eigenvalue weighted by Gasteiger charge is -2.26. The van der Waals surface area contributed by atoms with Crippen LogP contribution in [0.25, 0.3) is 0 Å². The van der Waals surface area contributed by atoms with Gasteiger partial charge in [-0.05, 0) is 76.7 Å². The highest BCUT2D eigenvalue weighted by Gasteiger charge is 2.57. The lowest BCUT2D eigenvalue weighted by atomic mass is 9.78. The number of rotatable bonds is 5. The summed E-state index contributed by atoms with van der Waals surface area (Å²) in [7, 11) is 0. The molecule has 2 N–H and O–H groups in total. The van der Waals surface area contributed by atoms with Crippen molar-refractivity contribution in [3.63, 3.8) is 0 Å². The molecule has 3 aliphatic rings. The van der Waals surface area contributed by atoms with Gasteiger partial charge < -0.3 is 15.2 Å². The Bertz CT molecular complexity index is 974. The van der Waals surface area contributed by atoms with Gasteiger partial charge in [0, 0.05) is 4.88 Å². The zero-order chi connectivity index (χ0) is 23.7. The molecule has 33 heavy (non-hydrogen) atoms. The van der Waals surface area contributed by atoms with Crippen LogP contribution in [0.4, 0.5) is 5.00 Å². The molecule has 7 heteroatoms. The molecule has 180 valence electrons. The van der Waals surface area contributed by atoms with E-state index in [-0.39, 0.29) is 24.3 Å². The summed E-state index contributed by atoms with van der Waals surface area (Å²) in [5.74, 6) is -2.97. The van der Waals surface area contributed by atoms with Crippen LogP contribution >= 0.6 is 11.3 Å². The summed E-state index contributed by atoms with van der Waals surface area (Å²) in [6.07, 6.45) is 8.98. The molecular weight excluding hydrogens is 438 g/mol. The van der Waals surface area contributed by atoms with Crippen molar-refractivity contribution in [1.82, 2.24) is 0 Å². The van der Waals surface area contributed by atoms with Gasteiger partial charge in [0.25, 0.3) is 0 Å². The van der Waals surface area contributed by atoms with E-state index in [1.807, 2.05) is 13.8 Å². The van der Waals surface area contributed by atoms with Crippen LogP contribution in [0, 0.1) is 23.7 Å². The fraction of sp³-hybridized carbons (Fsp3) is 0.654. The van der Waals surface area contributed by atoms with Crippen molar-refractivity contribution in [3.8, 4) is 0 Å². The van der Waals surface area contributed by atoms with Crippen LogP contribution in [0.15, 0.2) is 11.1 Å².